The molecule has 2 unspecified atom stereocenters. The average Bonchev–Trinajstić information content (AvgIpc) is 2.59. The van der Waals surface area contributed by atoms with E-state index >= 15 is 0 Å². The zero-order valence-corrected chi connectivity index (χ0v) is 9.38. The van der Waals surface area contributed by atoms with E-state index in [0.717, 1.165) is 17.1 Å². The molecule has 0 saturated carbocycles. The van der Waals surface area contributed by atoms with Crippen molar-refractivity contribution in [2.75, 3.05) is 6.61 Å². The Morgan fingerprint density at radius 3 is 2.79 bits per heavy atom. The molecule has 0 aliphatic rings. The van der Waals surface area contributed by atoms with Gasteiger partial charge in [-0.3, -0.25) is 0 Å². The van der Waals surface area contributed by atoms with Crippen LogP contribution in [0.5, 0.6) is 0 Å². The number of rotatable bonds is 5. The van der Waals surface area contributed by atoms with Crippen LogP contribution in [-0.4, -0.2) is 23.0 Å². The molecule has 1 aromatic rings. The summed E-state index contributed by atoms with van der Waals surface area (Å²) in [4.78, 5) is 1.06. The van der Waals surface area contributed by atoms with Gasteiger partial charge in [0.15, 0.2) is 0 Å². The van der Waals surface area contributed by atoms with Crippen LogP contribution in [0.2, 0.25) is 0 Å². The van der Waals surface area contributed by atoms with Crippen molar-refractivity contribution >= 4 is 11.8 Å². The van der Waals surface area contributed by atoms with E-state index in [1.807, 2.05) is 19.9 Å². The minimum absolute atomic E-state index is 0.0271. The van der Waals surface area contributed by atoms with Crippen LogP contribution in [0.4, 0.5) is 0 Å². The number of aliphatic hydroxyl groups excluding tert-OH is 1. The molecule has 0 fully saturated rings. The molecule has 4 heteroatoms. The van der Waals surface area contributed by atoms with Crippen LogP contribution in [-0.2, 0) is 0 Å². The van der Waals surface area contributed by atoms with Crippen LogP contribution in [0.1, 0.15) is 19.1 Å². The summed E-state index contributed by atoms with van der Waals surface area (Å²) in [7, 11) is 0. The fourth-order valence-corrected chi connectivity index (χ4v) is 2.30. The Morgan fingerprint density at radius 1 is 1.64 bits per heavy atom. The maximum atomic E-state index is 9.19. The SMILES string of the molecule is CCC(N)C(CO)Sc1ccoc1C. The van der Waals surface area contributed by atoms with Crippen LogP contribution in [0.3, 0.4) is 0 Å². The van der Waals surface area contributed by atoms with Gasteiger partial charge in [-0.2, -0.15) is 0 Å². The zero-order chi connectivity index (χ0) is 10.6. The molecule has 3 nitrogen and oxygen atoms in total. The van der Waals surface area contributed by atoms with Crippen LogP contribution in [0.15, 0.2) is 21.6 Å². The van der Waals surface area contributed by atoms with Crippen LogP contribution in [0.25, 0.3) is 0 Å². The monoisotopic (exact) mass is 215 g/mol. The molecule has 3 N–H and O–H groups in total. The van der Waals surface area contributed by atoms with E-state index in [-0.39, 0.29) is 17.9 Å². The molecule has 0 bridgehead atoms. The normalized spacial score (nSPS) is 15.4. The van der Waals surface area contributed by atoms with Crippen molar-refractivity contribution in [2.45, 2.75) is 36.5 Å². The lowest BCUT2D eigenvalue weighted by molar-refractivity contribution is 0.281. The number of nitrogens with two attached hydrogens (primary N) is 1. The Balaban J connectivity index is 2.61. The number of hydrogen-bond donors (Lipinski definition) is 2. The highest BCUT2D eigenvalue weighted by molar-refractivity contribution is 8.00. The molecule has 0 aliphatic heterocycles. The fraction of sp³-hybridized carbons (Fsp3) is 0.600. The van der Waals surface area contributed by atoms with E-state index in [1.54, 1.807) is 18.0 Å². The van der Waals surface area contributed by atoms with Gasteiger partial charge in [-0.1, -0.05) is 6.92 Å². The summed E-state index contributed by atoms with van der Waals surface area (Å²) in [6.07, 6.45) is 2.53. The second-order valence-corrected chi connectivity index (χ2v) is 4.53. The first-order valence-corrected chi connectivity index (χ1v) is 5.64. The third kappa shape index (κ3) is 2.77. The Bertz CT molecular complexity index is 275. The molecule has 0 spiro atoms. The molecular weight excluding hydrogens is 198 g/mol. The second kappa shape index (κ2) is 5.44. The minimum atomic E-state index is 0.0271. The Labute approximate surface area is 88.7 Å². The third-order valence-electron chi connectivity index (χ3n) is 2.22. The van der Waals surface area contributed by atoms with E-state index in [1.165, 1.54) is 0 Å². The topological polar surface area (TPSA) is 59.4 Å². The highest BCUT2D eigenvalue weighted by Gasteiger charge is 2.18. The molecule has 0 aliphatic carbocycles. The molecule has 14 heavy (non-hydrogen) atoms. The Hall–Kier alpha value is -0.450. The first kappa shape index (κ1) is 11.6. The van der Waals surface area contributed by atoms with E-state index in [9.17, 15) is 5.11 Å². The minimum Gasteiger partial charge on any atom is -0.468 e. The lowest BCUT2D eigenvalue weighted by Gasteiger charge is -2.19. The van der Waals surface area contributed by atoms with E-state index < -0.39 is 0 Å². The van der Waals surface area contributed by atoms with Gasteiger partial charge in [-0.15, -0.1) is 11.8 Å². The average molecular weight is 215 g/mol. The van der Waals surface area contributed by atoms with Crippen molar-refractivity contribution in [3.05, 3.63) is 18.1 Å². The summed E-state index contributed by atoms with van der Waals surface area (Å²) in [6.45, 7) is 4.04. The van der Waals surface area contributed by atoms with Gasteiger partial charge in [0.25, 0.3) is 0 Å². The van der Waals surface area contributed by atoms with Gasteiger partial charge >= 0.3 is 0 Å². The predicted molar refractivity (Wildman–Crippen MR) is 58.4 cm³/mol. The third-order valence-corrected chi connectivity index (χ3v) is 3.70. The molecule has 0 radical (unpaired) electrons. The van der Waals surface area contributed by atoms with Crippen LogP contribution in [0, 0.1) is 6.92 Å². The molecule has 0 aromatic carbocycles. The number of furan rings is 1. The van der Waals surface area contributed by atoms with Gasteiger partial charge in [0.1, 0.15) is 5.76 Å². The lowest BCUT2D eigenvalue weighted by atomic mass is 10.2. The maximum absolute atomic E-state index is 9.19. The molecule has 1 rings (SSSR count). The summed E-state index contributed by atoms with van der Waals surface area (Å²) >= 11 is 1.59. The van der Waals surface area contributed by atoms with Gasteiger partial charge in [-0.25, -0.2) is 0 Å². The summed E-state index contributed by atoms with van der Waals surface area (Å²) in [6, 6.07) is 1.93. The molecule has 0 amide bonds. The number of aliphatic hydroxyl groups is 1. The van der Waals surface area contributed by atoms with E-state index in [4.69, 9.17) is 10.2 Å². The number of hydrogen-bond acceptors (Lipinski definition) is 4. The smallest absolute Gasteiger partial charge is 0.114 e. The van der Waals surface area contributed by atoms with Crippen LogP contribution >= 0.6 is 11.8 Å². The Kier molecular flexibility index (Phi) is 4.51. The number of aryl methyl sites for hydroxylation is 1. The first-order chi connectivity index (χ1) is 6.69. The van der Waals surface area contributed by atoms with Crippen LogP contribution < -0.4 is 5.73 Å². The largest absolute Gasteiger partial charge is 0.468 e. The van der Waals surface area contributed by atoms with Crippen molar-refractivity contribution in [1.82, 2.24) is 0 Å². The molecule has 80 valence electrons. The second-order valence-electron chi connectivity index (χ2n) is 3.25. The van der Waals surface area contributed by atoms with Gasteiger partial charge in [-0.05, 0) is 19.4 Å². The lowest BCUT2D eigenvalue weighted by Crippen LogP contribution is -2.34. The summed E-state index contributed by atoms with van der Waals surface area (Å²) < 4.78 is 5.18. The van der Waals surface area contributed by atoms with Crippen molar-refractivity contribution in [1.29, 1.82) is 0 Å². The van der Waals surface area contributed by atoms with Crippen molar-refractivity contribution < 1.29 is 9.52 Å². The zero-order valence-electron chi connectivity index (χ0n) is 8.56. The molecule has 2 atom stereocenters. The van der Waals surface area contributed by atoms with Gasteiger partial charge in [0, 0.05) is 16.2 Å². The first-order valence-electron chi connectivity index (χ1n) is 4.76. The van der Waals surface area contributed by atoms with Crippen molar-refractivity contribution in [3.63, 3.8) is 0 Å². The van der Waals surface area contributed by atoms with Gasteiger partial charge < -0.3 is 15.3 Å². The highest BCUT2D eigenvalue weighted by Crippen LogP contribution is 2.28. The van der Waals surface area contributed by atoms with E-state index in [0.29, 0.717) is 0 Å². The summed E-state index contributed by atoms with van der Waals surface area (Å²) in [5, 5.41) is 9.24. The Morgan fingerprint density at radius 2 is 2.36 bits per heavy atom. The summed E-state index contributed by atoms with van der Waals surface area (Å²) in [5.74, 6) is 0.886. The predicted octanol–water partition coefficient (Wildman–Crippen LogP) is 1.78. The van der Waals surface area contributed by atoms with Crippen molar-refractivity contribution in [2.24, 2.45) is 5.73 Å². The van der Waals surface area contributed by atoms with Crippen molar-refractivity contribution in [3.8, 4) is 0 Å². The quantitative estimate of drug-likeness (QED) is 0.735. The summed E-state index contributed by atoms with van der Waals surface area (Å²) in [5.41, 5.74) is 5.88. The molecular formula is C10H17NO2S. The number of thioether (sulfide) groups is 1. The highest BCUT2D eigenvalue weighted by atomic mass is 32.2. The van der Waals surface area contributed by atoms with Gasteiger partial charge in [0.05, 0.1) is 12.9 Å². The fourth-order valence-electron chi connectivity index (χ4n) is 1.18. The standard InChI is InChI=1S/C10H17NO2S/c1-3-8(11)10(6-12)14-9-4-5-13-7(9)2/h4-5,8,10,12H,3,6,11H2,1-2H3. The van der Waals surface area contributed by atoms with Gasteiger partial charge in [0.2, 0.25) is 0 Å². The maximum Gasteiger partial charge on any atom is 0.114 e. The van der Waals surface area contributed by atoms with E-state index in [2.05, 4.69) is 0 Å². The molecule has 0 saturated heterocycles. The molecule has 1 heterocycles. The molecule has 1 aromatic heterocycles.